The molecule has 28 heavy (non-hydrogen) atoms. The summed E-state index contributed by atoms with van der Waals surface area (Å²) in [6, 6.07) is 0. The maximum Gasteiger partial charge on any atom is 0.129 e. The molecule has 3 unspecified atom stereocenters. The summed E-state index contributed by atoms with van der Waals surface area (Å²) in [4.78, 5) is 16.5. The van der Waals surface area contributed by atoms with Crippen molar-refractivity contribution in [2.75, 3.05) is 6.61 Å². The van der Waals surface area contributed by atoms with Crippen LogP contribution < -0.4 is 0 Å². The van der Waals surface area contributed by atoms with E-state index in [1.54, 1.807) is 12.5 Å². The minimum absolute atomic E-state index is 0.220. The van der Waals surface area contributed by atoms with Gasteiger partial charge in [0, 0.05) is 6.42 Å². The quantitative estimate of drug-likeness (QED) is 0.320. The zero-order valence-electron chi connectivity index (χ0n) is 18.1. The van der Waals surface area contributed by atoms with Gasteiger partial charge in [-0.15, -0.1) is 0 Å². The largest absolute Gasteiger partial charge is 0.396 e. The highest BCUT2D eigenvalue weighted by Gasteiger charge is 2.57. The lowest BCUT2D eigenvalue weighted by molar-refractivity contribution is -0.117. The second-order valence-corrected chi connectivity index (χ2v) is 10.3. The molecule has 3 nitrogen and oxygen atoms in total. The Balaban J connectivity index is 1.45. The zero-order valence-corrected chi connectivity index (χ0v) is 18.1. The van der Waals surface area contributed by atoms with Gasteiger partial charge in [-0.3, -0.25) is 0 Å². The Morgan fingerprint density at radius 2 is 1.93 bits per heavy atom. The van der Waals surface area contributed by atoms with Gasteiger partial charge in [-0.05, 0) is 99.4 Å². The molecule has 0 amide bonds. The third-order valence-corrected chi connectivity index (χ3v) is 8.88. The van der Waals surface area contributed by atoms with E-state index in [1.807, 2.05) is 0 Å². The number of hydrogen-bond acceptors (Lipinski definition) is 3. The molecule has 0 saturated heterocycles. The van der Waals surface area contributed by atoms with Crippen LogP contribution in [0.2, 0.25) is 0 Å². The molecule has 3 saturated carbocycles. The molecule has 4 aliphatic rings. The number of carbonyl (C=O) groups is 1. The second kappa shape index (κ2) is 7.46. The predicted octanol–water partition coefficient (Wildman–Crippen LogP) is 6.25. The number of rotatable bonds is 5. The Labute approximate surface area is 170 Å². The molecular formula is C25H37NO2. The number of hydrogen-bond donors (Lipinski definition) is 0. The van der Waals surface area contributed by atoms with Crippen LogP contribution in [-0.4, -0.2) is 18.1 Å². The first kappa shape index (κ1) is 19.9. The first-order chi connectivity index (χ1) is 13.3. The normalized spacial score (nSPS) is 41.1. The Hall–Kier alpha value is -1.38. The molecule has 4 aliphatic carbocycles. The number of nitrogens with zero attached hydrogens (tertiary/aromatic N) is 1. The van der Waals surface area contributed by atoms with Gasteiger partial charge in [0.25, 0.3) is 0 Å². The van der Waals surface area contributed by atoms with Gasteiger partial charge in [-0.25, -0.2) is 0 Å². The molecule has 5 atom stereocenters. The van der Waals surface area contributed by atoms with Crippen molar-refractivity contribution in [1.29, 1.82) is 0 Å². The summed E-state index contributed by atoms with van der Waals surface area (Å²) >= 11 is 0. The van der Waals surface area contributed by atoms with E-state index >= 15 is 0 Å². The van der Waals surface area contributed by atoms with Crippen molar-refractivity contribution in [3.63, 3.8) is 0 Å². The van der Waals surface area contributed by atoms with Gasteiger partial charge in [0.15, 0.2) is 0 Å². The van der Waals surface area contributed by atoms with E-state index in [4.69, 9.17) is 4.84 Å². The van der Waals surface area contributed by atoms with E-state index in [9.17, 15) is 4.79 Å². The van der Waals surface area contributed by atoms with Crippen molar-refractivity contribution in [2.45, 2.75) is 85.0 Å². The number of ketones is 1. The predicted molar refractivity (Wildman–Crippen MR) is 114 cm³/mol. The van der Waals surface area contributed by atoms with Gasteiger partial charge in [-0.1, -0.05) is 36.7 Å². The zero-order chi connectivity index (χ0) is 19.9. The van der Waals surface area contributed by atoms with Gasteiger partial charge in [0.05, 0.1) is 5.71 Å². The van der Waals surface area contributed by atoms with Gasteiger partial charge in [0.2, 0.25) is 0 Å². The molecule has 0 aromatic heterocycles. The molecule has 3 heteroatoms. The summed E-state index contributed by atoms with van der Waals surface area (Å²) < 4.78 is 0. The first-order valence-electron chi connectivity index (χ1n) is 11.4. The van der Waals surface area contributed by atoms with Gasteiger partial charge in [-0.2, -0.15) is 0 Å². The van der Waals surface area contributed by atoms with Crippen LogP contribution in [0.5, 0.6) is 0 Å². The highest BCUT2D eigenvalue weighted by Crippen LogP contribution is 2.66. The van der Waals surface area contributed by atoms with Gasteiger partial charge < -0.3 is 9.63 Å². The average Bonchev–Trinajstić information content (AvgIpc) is 2.96. The lowest BCUT2D eigenvalue weighted by atomic mass is 9.47. The molecule has 0 heterocycles. The van der Waals surface area contributed by atoms with Crippen LogP contribution in [0, 0.1) is 28.6 Å². The van der Waals surface area contributed by atoms with Crippen molar-refractivity contribution < 1.29 is 9.63 Å². The number of carbonyl (C=O) groups excluding carboxylic acids is 1. The van der Waals surface area contributed by atoms with E-state index in [-0.39, 0.29) is 5.78 Å². The molecule has 3 fully saturated rings. The number of Topliss-reactive ketones (excluding diaryl/α,β-unsaturated/α-hetero) is 1. The molecule has 154 valence electrons. The maximum absolute atomic E-state index is 11.0. The fourth-order valence-electron chi connectivity index (χ4n) is 7.06. The minimum atomic E-state index is 0.220. The molecule has 0 bridgehead atoms. The van der Waals surface area contributed by atoms with Crippen molar-refractivity contribution in [3.8, 4) is 0 Å². The maximum atomic E-state index is 11.0. The Bertz CT molecular complexity index is 720. The summed E-state index contributed by atoms with van der Waals surface area (Å²) in [6.07, 6.45) is 13.8. The topological polar surface area (TPSA) is 38.7 Å². The summed E-state index contributed by atoms with van der Waals surface area (Å²) in [6.45, 7) is 11.7. The summed E-state index contributed by atoms with van der Waals surface area (Å²) in [5.41, 5.74) is 5.01. The van der Waals surface area contributed by atoms with Crippen molar-refractivity contribution >= 4 is 11.5 Å². The highest BCUT2D eigenvalue weighted by molar-refractivity contribution is 5.96. The fraction of sp³-hybridized carbons (Fsp3) is 0.760. The molecule has 0 aliphatic heterocycles. The van der Waals surface area contributed by atoms with E-state index < -0.39 is 0 Å². The van der Waals surface area contributed by atoms with Crippen LogP contribution in [0.3, 0.4) is 0 Å². The Morgan fingerprint density at radius 1 is 1.14 bits per heavy atom. The Kier molecular flexibility index (Phi) is 5.31. The van der Waals surface area contributed by atoms with Crippen molar-refractivity contribution in [1.82, 2.24) is 0 Å². The van der Waals surface area contributed by atoms with Gasteiger partial charge >= 0.3 is 0 Å². The van der Waals surface area contributed by atoms with Crippen LogP contribution in [0.25, 0.3) is 0 Å². The van der Waals surface area contributed by atoms with Crippen molar-refractivity contribution in [2.24, 2.45) is 33.7 Å². The smallest absolute Gasteiger partial charge is 0.129 e. The van der Waals surface area contributed by atoms with Gasteiger partial charge in [0.1, 0.15) is 12.4 Å². The summed E-state index contributed by atoms with van der Waals surface area (Å²) in [5.74, 6) is 2.78. The molecule has 0 aromatic carbocycles. The second-order valence-electron chi connectivity index (χ2n) is 10.3. The molecule has 0 N–H and O–H groups in total. The van der Waals surface area contributed by atoms with Crippen LogP contribution in [-0.2, 0) is 9.63 Å². The van der Waals surface area contributed by atoms with E-state index in [2.05, 4.69) is 31.7 Å². The monoisotopic (exact) mass is 383 g/mol. The number of oxime groups is 1. The van der Waals surface area contributed by atoms with Crippen LogP contribution in [0.4, 0.5) is 0 Å². The van der Waals surface area contributed by atoms with Crippen LogP contribution >= 0.6 is 0 Å². The molecule has 4 rings (SSSR count). The molecule has 0 spiro atoms. The standard InChI is InChI=1S/C25H37NO2/c1-17-7-10-22-21-9-8-19-16-20(26-28-15-5-6-18(2)27)11-13-25(19,4)23(21)12-14-24(17,22)3/h16,21-23H,1,5-15H2,2-4H3/t21?,22?,23?,24-,25+/m1/s1. The van der Waals surface area contributed by atoms with E-state index in [0.29, 0.717) is 23.9 Å². The summed E-state index contributed by atoms with van der Waals surface area (Å²) in [7, 11) is 0. The summed E-state index contributed by atoms with van der Waals surface area (Å²) in [5, 5.41) is 4.40. The number of fused-ring (bicyclic) bond motifs is 5. The fourth-order valence-corrected chi connectivity index (χ4v) is 7.06. The third kappa shape index (κ3) is 3.29. The van der Waals surface area contributed by atoms with E-state index in [0.717, 1.165) is 36.3 Å². The first-order valence-corrected chi connectivity index (χ1v) is 11.4. The third-order valence-electron chi connectivity index (χ3n) is 8.88. The lowest BCUT2D eigenvalue weighted by Gasteiger charge is -2.57. The van der Waals surface area contributed by atoms with Crippen molar-refractivity contribution in [3.05, 3.63) is 23.8 Å². The Morgan fingerprint density at radius 3 is 2.71 bits per heavy atom. The lowest BCUT2D eigenvalue weighted by Crippen LogP contribution is -2.49. The van der Waals surface area contributed by atoms with Crippen LogP contribution in [0.1, 0.15) is 85.0 Å². The SMILES string of the molecule is C=C1CCC2C3CCC4=CC(=NOCCCC(C)=O)CC[C@]4(C)C3CC[C@]12C. The molecule has 0 aromatic rings. The molecule has 0 radical (unpaired) electrons. The highest BCUT2D eigenvalue weighted by atomic mass is 16.6. The average molecular weight is 384 g/mol. The minimum Gasteiger partial charge on any atom is -0.396 e. The van der Waals surface area contributed by atoms with Crippen LogP contribution in [0.15, 0.2) is 29.0 Å². The van der Waals surface area contributed by atoms with E-state index in [1.165, 1.54) is 50.5 Å². The number of allylic oxidation sites excluding steroid dienone is 3. The molecular weight excluding hydrogens is 346 g/mol.